The Morgan fingerprint density at radius 3 is 2.50 bits per heavy atom. The van der Waals surface area contributed by atoms with E-state index in [0.717, 1.165) is 12.1 Å². The Morgan fingerprint density at radius 1 is 1.23 bits per heavy atom. The number of halogens is 3. The lowest BCUT2D eigenvalue weighted by molar-refractivity contribution is -0.141. The van der Waals surface area contributed by atoms with Crippen LogP contribution >= 0.6 is 0 Å². The summed E-state index contributed by atoms with van der Waals surface area (Å²) < 4.78 is 39.3. The van der Waals surface area contributed by atoms with Crippen LogP contribution in [0, 0.1) is 0 Å². The molecule has 0 radical (unpaired) electrons. The Kier molecular flexibility index (Phi) is 3.38. The molecule has 0 saturated carbocycles. The molecule has 1 aromatic heterocycles. The molecular formula is C14H12F3N3O2. The van der Waals surface area contributed by atoms with Gasteiger partial charge in [-0.1, -0.05) is 12.1 Å². The molecule has 1 atom stereocenters. The summed E-state index contributed by atoms with van der Waals surface area (Å²) in [6.45, 7) is 0. The average molecular weight is 311 g/mol. The molecule has 5 nitrogen and oxygen atoms in total. The number of fused-ring (bicyclic) bond motifs is 1. The van der Waals surface area contributed by atoms with Gasteiger partial charge in [0, 0.05) is 12.0 Å². The Morgan fingerprint density at radius 2 is 1.91 bits per heavy atom. The fourth-order valence-electron chi connectivity index (χ4n) is 2.64. The van der Waals surface area contributed by atoms with E-state index >= 15 is 0 Å². The minimum atomic E-state index is -4.41. The lowest BCUT2D eigenvalue weighted by Crippen LogP contribution is -2.25. The first kappa shape index (κ1) is 14.6. The van der Waals surface area contributed by atoms with Crippen LogP contribution < -0.4 is 0 Å². The molecule has 8 heteroatoms. The molecule has 1 aliphatic heterocycles. The van der Waals surface area contributed by atoms with Crippen molar-refractivity contribution in [1.29, 1.82) is 0 Å². The summed E-state index contributed by atoms with van der Waals surface area (Å²) in [5.41, 5.74) is -0.343. The largest absolute Gasteiger partial charge is 0.480 e. The van der Waals surface area contributed by atoms with Crippen molar-refractivity contribution < 1.29 is 23.1 Å². The molecule has 3 rings (SSSR count). The van der Waals surface area contributed by atoms with Gasteiger partial charge in [0.2, 0.25) is 0 Å². The number of carboxylic acids is 1. The van der Waals surface area contributed by atoms with E-state index in [9.17, 15) is 23.1 Å². The fraction of sp³-hybridized carbons (Fsp3) is 0.357. The van der Waals surface area contributed by atoms with Crippen LogP contribution in [0.2, 0.25) is 0 Å². The first-order valence-corrected chi connectivity index (χ1v) is 6.72. The van der Waals surface area contributed by atoms with Crippen molar-refractivity contribution in [3.8, 4) is 11.4 Å². The summed E-state index contributed by atoms with van der Waals surface area (Å²) in [7, 11) is 0. The molecule has 0 amide bonds. The third kappa shape index (κ3) is 2.44. The molecule has 2 heterocycles. The van der Waals surface area contributed by atoms with Gasteiger partial charge in [0.1, 0.15) is 11.9 Å². The van der Waals surface area contributed by atoms with Gasteiger partial charge in [0.25, 0.3) is 0 Å². The van der Waals surface area contributed by atoms with Crippen LogP contribution in [-0.2, 0) is 17.4 Å². The second kappa shape index (κ2) is 5.11. The van der Waals surface area contributed by atoms with Gasteiger partial charge in [-0.25, -0.2) is 4.79 Å². The number of hydrogen-bond acceptors (Lipinski definition) is 3. The average Bonchev–Trinajstić information content (AvgIpc) is 2.90. The third-order valence-corrected chi connectivity index (χ3v) is 3.71. The standard InChI is InChI=1S/C14H12F3N3O2/c15-14(16,17)9-6-4-8(5-7-9)12-19-18-11-3-1-2-10(13(21)22)20(11)12/h4-7,10H,1-3H2,(H,21,22). The summed E-state index contributed by atoms with van der Waals surface area (Å²) in [5, 5.41) is 17.2. The first-order valence-electron chi connectivity index (χ1n) is 6.72. The molecule has 1 aromatic carbocycles. The molecule has 0 saturated heterocycles. The topological polar surface area (TPSA) is 68.0 Å². The zero-order chi connectivity index (χ0) is 15.9. The van der Waals surface area contributed by atoms with Crippen molar-refractivity contribution in [1.82, 2.24) is 14.8 Å². The SMILES string of the molecule is O=C(O)C1CCCc2nnc(-c3ccc(C(F)(F)F)cc3)n21. The van der Waals surface area contributed by atoms with Crippen molar-refractivity contribution in [3.05, 3.63) is 35.7 Å². The molecule has 22 heavy (non-hydrogen) atoms. The summed E-state index contributed by atoms with van der Waals surface area (Å²) in [5.74, 6) is -0.154. The maximum Gasteiger partial charge on any atom is 0.416 e. The van der Waals surface area contributed by atoms with Gasteiger partial charge in [0.05, 0.1) is 5.56 Å². The molecule has 0 bridgehead atoms. The molecule has 1 aliphatic rings. The van der Waals surface area contributed by atoms with Gasteiger partial charge in [-0.15, -0.1) is 10.2 Å². The third-order valence-electron chi connectivity index (χ3n) is 3.71. The molecule has 1 unspecified atom stereocenters. The number of aromatic nitrogens is 3. The van der Waals surface area contributed by atoms with E-state index in [0.29, 0.717) is 30.7 Å². The van der Waals surface area contributed by atoms with Crippen molar-refractivity contribution in [2.45, 2.75) is 31.5 Å². The van der Waals surface area contributed by atoms with Crippen LogP contribution in [0.3, 0.4) is 0 Å². The van der Waals surface area contributed by atoms with E-state index < -0.39 is 23.8 Å². The number of rotatable bonds is 2. The van der Waals surface area contributed by atoms with Gasteiger partial charge in [-0.3, -0.25) is 4.57 Å². The van der Waals surface area contributed by atoms with Crippen LogP contribution in [0.15, 0.2) is 24.3 Å². The van der Waals surface area contributed by atoms with E-state index in [1.807, 2.05) is 0 Å². The fourth-order valence-corrected chi connectivity index (χ4v) is 2.64. The highest BCUT2D eigenvalue weighted by Crippen LogP contribution is 2.33. The van der Waals surface area contributed by atoms with Crippen LogP contribution in [-0.4, -0.2) is 25.8 Å². The molecule has 2 aromatic rings. The maximum atomic E-state index is 12.6. The number of carboxylic acid groups (broad SMARTS) is 1. The van der Waals surface area contributed by atoms with Gasteiger partial charge in [-0.2, -0.15) is 13.2 Å². The smallest absolute Gasteiger partial charge is 0.416 e. The Hall–Kier alpha value is -2.38. The number of carbonyl (C=O) groups is 1. The van der Waals surface area contributed by atoms with Gasteiger partial charge < -0.3 is 5.11 Å². The van der Waals surface area contributed by atoms with Gasteiger partial charge in [-0.05, 0) is 25.0 Å². The summed E-state index contributed by atoms with van der Waals surface area (Å²) >= 11 is 0. The molecular weight excluding hydrogens is 299 g/mol. The molecule has 0 spiro atoms. The second-order valence-electron chi connectivity index (χ2n) is 5.13. The number of aryl methyl sites for hydroxylation is 1. The maximum absolute atomic E-state index is 12.6. The summed E-state index contributed by atoms with van der Waals surface area (Å²) in [6, 6.07) is 3.70. The zero-order valence-electron chi connectivity index (χ0n) is 11.3. The monoisotopic (exact) mass is 311 g/mol. The predicted molar refractivity (Wildman–Crippen MR) is 70.1 cm³/mol. The first-order chi connectivity index (χ1) is 10.4. The van der Waals surface area contributed by atoms with Crippen LogP contribution in [0.5, 0.6) is 0 Å². The molecule has 116 valence electrons. The Balaban J connectivity index is 2.03. The molecule has 0 aliphatic carbocycles. The number of aliphatic carboxylic acids is 1. The van der Waals surface area contributed by atoms with Crippen LogP contribution in [0.4, 0.5) is 13.2 Å². The number of hydrogen-bond donors (Lipinski definition) is 1. The highest BCUT2D eigenvalue weighted by Gasteiger charge is 2.32. The lowest BCUT2D eigenvalue weighted by atomic mass is 10.0. The van der Waals surface area contributed by atoms with Crippen molar-refractivity contribution in [2.24, 2.45) is 0 Å². The normalized spacial score (nSPS) is 18.0. The number of alkyl halides is 3. The van der Waals surface area contributed by atoms with E-state index in [4.69, 9.17) is 0 Å². The zero-order valence-corrected chi connectivity index (χ0v) is 11.3. The summed E-state index contributed by atoms with van der Waals surface area (Å²) in [6.07, 6.45) is -2.65. The minimum Gasteiger partial charge on any atom is -0.480 e. The number of benzene rings is 1. The Labute approximate surface area is 123 Å². The summed E-state index contributed by atoms with van der Waals surface area (Å²) in [4.78, 5) is 11.4. The van der Waals surface area contributed by atoms with Crippen molar-refractivity contribution >= 4 is 5.97 Å². The Bertz CT molecular complexity index is 707. The van der Waals surface area contributed by atoms with Gasteiger partial charge >= 0.3 is 12.1 Å². The highest BCUT2D eigenvalue weighted by atomic mass is 19.4. The molecule has 0 fully saturated rings. The van der Waals surface area contributed by atoms with Crippen molar-refractivity contribution in [3.63, 3.8) is 0 Å². The highest BCUT2D eigenvalue weighted by molar-refractivity contribution is 5.73. The van der Waals surface area contributed by atoms with E-state index in [2.05, 4.69) is 10.2 Å². The van der Waals surface area contributed by atoms with E-state index in [-0.39, 0.29) is 5.82 Å². The van der Waals surface area contributed by atoms with E-state index in [1.165, 1.54) is 16.7 Å². The minimum absolute atomic E-state index is 0.288. The lowest BCUT2D eigenvalue weighted by Gasteiger charge is -2.22. The van der Waals surface area contributed by atoms with Gasteiger partial charge in [0.15, 0.2) is 5.82 Å². The van der Waals surface area contributed by atoms with Crippen LogP contribution in [0.1, 0.15) is 30.3 Å². The van der Waals surface area contributed by atoms with E-state index in [1.54, 1.807) is 0 Å². The predicted octanol–water partition coefficient (Wildman–Crippen LogP) is 2.93. The second-order valence-corrected chi connectivity index (χ2v) is 5.13. The van der Waals surface area contributed by atoms with Crippen molar-refractivity contribution in [2.75, 3.05) is 0 Å². The quantitative estimate of drug-likeness (QED) is 0.926. The van der Waals surface area contributed by atoms with Crippen LogP contribution in [0.25, 0.3) is 11.4 Å². The number of nitrogens with zero attached hydrogens (tertiary/aromatic N) is 3. The molecule has 1 N–H and O–H groups in total.